The van der Waals surface area contributed by atoms with E-state index < -0.39 is 25.9 Å². The second-order valence-corrected chi connectivity index (χ2v) is 5.98. The maximum Gasteiger partial charge on any atom is 0.332 e. The third-order valence-corrected chi connectivity index (χ3v) is 3.73. The lowest BCUT2D eigenvalue weighted by atomic mass is 10.2. The number of nitrogens with zero attached hydrogens (tertiary/aromatic N) is 1. The Balaban J connectivity index is 2.06. The lowest BCUT2D eigenvalue weighted by Crippen LogP contribution is -2.08. The molecule has 2 aromatic rings. The maximum absolute atomic E-state index is 12.9. The number of nitrogens with one attached hydrogen (secondary N) is 1. The molecule has 2 aromatic carbocycles. The van der Waals surface area contributed by atoms with Gasteiger partial charge in [0, 0.05) is 23.9 Å². The Hall–Kier alpha value is -3.07. The molecule has 0 aromatic heterocycles. The average Bonchev–Trinajstić information content (AvgIpc) is 2.53. The molecule has 0 saturated carbocycles. The number of non-ortho nitro benzene ring substituents is 1. The van der Waals surface area contributed by atoms with Crippen LogP contribution in [0.15, 0.2) is 59.5 Å². The fourth-order valence-electron chi connectivity index (χ4n) is 1.79. The van der Waals surface area contributed by atoms with Crippen LogP contribution in [-0.2, 0) is 15.0 Å². The van der Waals surface area contributed by atoms with Gasteiger partial charge < -0.3 is 5.32 Å². The van der Waals surface area contributed by atoms with Crippen LogP contribution in [0.3, 0.4) is 0 Å². The Kier molecular flexibility index (Phi) is 5.05. The van der Waals surface area contributed by atoms with E-state index in [1.165, 1.54) is 42.5 Å². The Bertz CT molecular complexity index is 908. The second-order valence-electron chi connectivity index (χ2n) is 4.64. The van der Waals surface area contributed by atoms with Crippen LogP contribution in [0.4, 0.5) is 15.3 Å². The van der Waals surface area contributed by atoms with Crippen LogP contribution in [0.5, 0.6) is 0 Å². The van der Waals surface area contributed by atoms with Gasteiger partial charge in [-0.2, -0.15) is 8.42 Å². The second kappa shape index (κ2) is 7.01. The third-order valence-electron chi connectivity index (χ3n) is 2.91. The van der Waals surface area contributed by atoms with Gasteiger partial charge in [0.25, 0.3) is 5.69 Å². The van der Waals surface area contributed by atoms with Gasteiger partial charge >= 0.3 is 10.2 Å². The van der Waals surface area contributed by atoms with E-state index in [1.54, 1.807) is 0 Å². The first kappa shape index (κ1) is 17.3. The van der Waals surface area contributed by atoms with Gasteiger partial charge in [-0.25, -0.2) is 0 Å². The van der Waals surface area contributed by atoms with E-state index in [1.807, 2.05) is 0 Å². The molecule has 0 atom stereocenters. The summed E-state index contributed by atoms with van der Waals surface area (Å²) in [6, 6.07) is 10.3. The summed E-state index contributed by atoms with van der Waals surface area (Å²) in [6.07, 6.45) is 2.59. The summed E-state index contributed by atoms with van der Waals surface area (Å²) in [4.78, 5) is 21.2. The van der Waals surface area contributed by atoms with Crippen LogP contribution in [0, 0.1) is 10.1 Å². The van der Waals surface area contributed by atoms with Crippen LogP contribution >= 0.6 is 0 Å². The molecule has 0 aliphatic heterocycles. The van der Waals surface area contributed by atoms with Crippen molar-refractivity contribution in [1.29, 1.82) is 0 Å². The van der Waals surface area contributed by atoms with Crippen LogP contribution in [0.2, 0.25) is 0 Å². The van der Waals surface area contributed by atoms with Crippen molar-refractivity contribution in [3.8, 4) is 0 Å². The molecule has 0 heterocycles. The topological polar surface area (TPSA) is 106 Å². The van der Waals surface area contributed by atoms with Gasteiger partial charge in [0.05, 0.1) is 4.92 Å². The summed E-state index contributed by atoms with van der Waals surface area (Å²) in [7, 11) is -4.85. The Morgan fingerprint density at radius 1 is 1.17 bits per heavy atom. The maximum atomic E-state index is 12.9. The Morgan fingerprint density at radius 3 is 2.42 bits per heavy atom. The van der Waals surface area contributed by atoms with E-state index >= 15 is 0 Å². The van der Waals surface area contributed by atoms with Crippen LogP contribution in [0.25, 0.3) is 6.08 Å². The van der Waals surface area contributed by atoms with E-state index in [9.17, 15) is 27.2 Å². The SMILES string of the molecule is O=C(/C=C/c1ccc([N+](=O)[O-])cc1)Nc1cccc(S(=O)(=O)F)c1. The van der Waals surface area contributed by atoms with Crippen molar-refractivity contribution in [2.45, 2.75) is 4.90 Å². The number of nitro groups is 1. The summed E-state index contributed by atoms with van der Waals surface area (Å²) in [6.45, 7) is 0. The number of hydrogen-bond donors (Lipinski definition) is 1. The van der Waals surface area contributed by atoms with Crippen LogP contribution in [0.1, 0.15) is 5.56 Å². The summed E-state index contributed by atoms with van der Waals surface area (Å²) < 4.78 is 34.5. The molecule has 1 amide bonds. The molecule has 9 heteroatoms. The zero-order valence-electron chi connectivity index (χ0n) is 12.0. The predicted molar refractivity (Wildman–Crippen MR) is 85.5 cm³/mol. The highest BCUT2D eigenvalue weighted by molar-refractivity contribution is 7.86. The first-order valence-corrected chi connectivity index (χ1v) is 7.92. The quantitative estimate of drug-likeness (QED) is 0.386. The van der Waals surface area contributed by atoms with Crippen LogP contribution < -0.4 is 5.32 Å². The number of hydrogen-bond acceptors (Lipinski definition) is 5. The van der Waals surface area contributed by atoms with E-state index in [0.717, 1.165) is 18.2 Å². The fourth-order valence-corrected chi connectivity index (χ4v) is 2.30. The number of amides is 1. The predicted octanol–water partition coefficient (Wildman–Crippen LogP) is 2.90. The number of anilines is 1. The van der Waals surface area contributed by atoms with Crippen molar-refractivity contribution in [3.63, 3.8) is 0 Å². The molecule has 2 rings (SSSR count). The minimum Gasteiger partial charge on any atom is -0.322 e. The van der Waals surface area contributed by atoms with Gasteiger partial charge in [0.15, 0.2) is 0 Å². The minimum atomic E-state index is -4.85. The highest BCUT2D eigenvalue weighted by Gasteiger charge is 2.12. The highest BCUT2D eigenvalue weighted by atomic mass is 32.3. The van der Waals surface area contributed by atoms with Gasteiger partial charge in [-0.05, 0) is 42.0 Å². The smallest absolute Gasteiger partial charge is 0.322 e. The molecule has 124 valence electrons. The molecular formula is C15H11FN2O5S. The number of halogens is 1. The summed E-state index contributed by atoms with van der Waals surface area (Å²) >= 11 is 0. The molecule has 0 aliphatic rings. The van der Waals surface area contributed by atoms with Crippen molar-refractivity contribution in [2.24, 2.45) is 0 Å². The molecule has 0 radical (unpaired) electrons. The molecule has 0 unspecified atom stereocenters. The zero-order valence-corrected chi connectivity index (χ0v) is 12.9. The Morgan fingerprint density at radius 2 is 1.83 bits per heavy atom. The lowest BCUT2D eigenvalue weighted by molar-refractivity contribution is -0.384. The van der Waals surface area contributed by atoms with E-state index in [4.69, 9.17) is 0 Å². The molecule has 0 bridgehead atoms. The van der Waals surface area contributed by atoms with Gasteiger partial charge in [0.2, 0.25) is 5.91 Å². The molecule has 24 heavy (non-hydrogen) atoms. The molecule has 0 aliphatic carbocycles. The Labute approximate surface area is 136 Å². The molecule has 0 spiro atoms. The van der Waals surface area contributed by atoms with E-state index in [2.05, 4.69) is 5.32 Å². The minimum absolute atomic E-state index is 0.0687. The molecular weight excluding hydrogens is 339 g/mol. The number of carbonyl (C=O) groups is 1. The summed E-state index contributed by atoms with van der Waals surface area (Å²) in [5, 5.41) is 12.9. The lowest BCUT2D eigenvalue weighted by Gasteiger charge is -2.03. The molecule has 0 saturated heterocycles. The number of carbonyl (C=O) groups excluding carboxylic acids is 1. The van der Waals surface area contributed by atoms with Gasteiger partial charge in [-0.3, -0.25) is 14.9 Å². The average molecular weight is 350 g/mol. The van der Waals surface area contributed by atoms with Gasteiger partial charge in [-0.15, -0.1) is 3.89 Å². The van der Waals surface area contributed by atoms with Crippen molar-refractivity contribution in [1.82, 2.24) is 0 Å². The van der Waals surface area contributed by atoms with Crippen molar-refractivity contribution >= 4 is 33.6 Å². The molecule has 7 nitrogen and oxygen atoms in total. The van der Waals surface area contributed by atoms with E-state index in [0.29, 0.717) is 5.56 Å². The van der Waals surface area contributed by atoms with Crippen molar-refractivity contribution in [2.75, 3.05) is 5.32 Å². The molecule has 0 fully saturated rings. The van der Waals surface area contributed by atoms with Gasteiger partial charge in [0.1, 0.15) is 4.90 Å². The number of rotatable bonds is 5. The largest absolute Gasteiger partial charge is 0.332 e. The highest BCUT2D eigenvalue weighted by Crippen LogP contribution is 2.17. The molecule has 1 N–H and O–H groups in total. The third kappa shape index (κ3) is 4.71. The summed E-state index contributed by atoms with van der Waals surface area (Å²) in [5.74, 6) is -0.568. The van der Waals surface area contributed by atoms with Crippen LogP contribution in [-0.4, -0.2) is 19.2 Å². The number of benzene rings is 2. The normalized spacial score (nSPS) is 11.4. The monoisotopic (exact) mass is 350 g/mol. The van der Waals surface area contributed by atoms with E-state index in [-0.39, 0.29) is 11.4 Å². The standard InChI is InChI=1S/C15H11FN2O5S/c16-24(22,23)14-3-1-2-12(10-14)17-15(19)9-6-11-4-7-13(8-5-11)18(20)21/h1-10H,(H,17,19)/b9-6+. The van der Waals surface area contributed by atoms with Crippen molar-refractivity contribution in [3.05, 3.63) is 70.3 Å². The fraction of sp³-hybridized carbons (Fsp3) is 0. The first-order chi connectivity index (χ1) is 11.3. The van der Waals surface area contributed by atoms with Crippen molar-refractivity contribution < 1.29 is 22.0 Å². The first-order valence-electron chi connectivity index (χ1n) is 6.54. The summed E-state index contributed by atoms with van der Waals surface area (Å²) in [5.41, 5.74) is 0.615. The van der Waals surface area contributed by atoms with Gasteiger partial charge in [-0.1, -0.05) is 6.07 Å². The number of nitro benzene ring substituents is 1. The zero-order chi connectivity index (χ0) is 17.7.